The Hall–Kier alpha value is -1.87. The summed E-state index contributed by atoms with van der Waals surface area (Å²) in [6.45, 7) is 0.871. The largest absolute Gasteiger partial charge is 0.417 e. The molecule has 2 unspecified atom stereocenters. The van der Waals surface area contributed by atoms with Crippen molar-refractivity contribution in [1.82, 2.24) is 10.3 Å². The lowest BCUT2D eigenvalue weighted by molar-refractivity contribution is -0.137. The second kappa shape index (κ2) is 6.71. The Morgan fingerprint density at radius 2 is 2.17 bits per heavy atom. The molecular formula is C14H19F3N4O2. The number of carbonyl (C=O) groups is 1. The van der Waals surface area contributed by atoms with Crippen molar-refractivity contribution in [3.05, 3.63) is 17.8 Å². The van der Waals surface area contributed by atoms with Crippen molar-refractivity contribution >= 4 is 17.4 Å². The van der Waals surface area contributed by atoms with Gasteiger partial charge < -0.3 is 20.6 Å². The Kier molecular flexibility index (Phi) is 5.10. The highest BCUT2D eigenvalue weighted by molar-refractivity contribution is 5.95. The number of halogens is 3. The molecule has 128 valence electrons. The molecule has 1 aromatic rings. The van der Waals surface area contributed by atoms with E-state index in [1.54, 1.807) is 14.1 Å². The van der Waals surface area contributed by atoms with E-state index in [1.165, 1.54) is 4.90 Å². The zero-order chi connectivity index (χ0) is 17.2. The zero-order valence-corrected chi connectivity index (χ0v) is 12.8. The first-order chi connectivity index (χ1) is 10.7. The molecule has 2 rings (SSSR count). The third-order valence-electron chi connectivity index (χ3n) is 3.66. The van der Waals surface area contributed by atoms with E-state index in [0.29, 0.717) is 13.0 Å². The van der Waals surface area contributed by atoms with Crippen molar-refractivity contribution in [3.63, 3.8) is 0 Å². The lowest BCUT2D eigenvalue weighted by Gasteiger charge is -2.28. The standard InChI is InChI=1S/C14H19F3N4O2/c1-21(2)12-10(5-8(6-19-12)14(15,16)17)20-13(23)9-7-18-4-3-11(9)22/h5-6,9,11,18,22H,3-4,7H2,1-2H3,(H,20,23). The van der Waals surface area contributed by atoms with Gasteiger partial charge in [-0.3, -0.25) is 4.79 Å². The fourth-order valence-corrected chi connectivity index (χ4v) is 2.40. The Labute approximate surface area is 131 Å². The van der Waals surface area contributed by atoms with Crippen LogP contribution in [0.5, 0.6) is 0 Å². The molecule has 23 heavy (non-hydrogen) atoms. The number of amides is 1. The van der Waals surface area contributed by atoms with Gasteiger partial charge in [-0.1, -0.05) is 0 Å². The van der Waals surface area contributed by atoms with Gasteiger partial charge in [0.05, 0.1) is 23.3 Å². The number of carbonyl (C=O) groups excluding carboxylic acids is 1. The first-order valence-corrected chi connectivity index (χ1v) is 7.14. The average molecular weight is 332 g/mol. The molecular weight excluding hydrogens is 313 g/mol. The molecule has 0 bridgehead atoms. The monoisotopic (exact) mass is 332 g/mol. The van der Waals surface area contributed by atoms with Crippen molar-refractivity contribution in [2.24, 2.45) is 5.92 Å². The summed E-state index contributed by atoms with van der Waals surface area (Å²) in [4.78, 5) is 17.6. The first kappa shape index (κ1) is 17.5. The molecule has 2 heterocycles. The smallest absolute Gasteiger partial charge is 0.392 e. The molecule has 2 atom stereocenters. The van der Waals surface area contributed by atoms with E-state index in [4.69, 9.17) is 0 Å². The minimum atomic E-state index is -4.55. The highest BCUT2D eigenvalue weighted by Gasteiger charge is 2.33. The predicted octanol–water partition coefficient (Wildman–Crippen LogP) is 1.08. The number of aliphatic hydroxyl groups is 1. The molecule has 1 amide bonds. The average Bonchev–Trinajstić information content (AvgIpc) is 2.46. The van der Waals surface area contributed by atoms with Gasteiger partial charge in [0.1, 0.15) is 0 Å². The van der Waals surface area contributed by atoms with E-state index in [0.717, 1.165) is 12.3 Å². The molecule has 0 aliphatic carbocycles. The van der Waals surface area contributed by atoms with E-state index >= 15 is 0 Å². The van der Waals surface area contributed by atoms with Crippen LogP contribution in [0.25, 0.3) is 0 Å². The highest BCUT2D eigenvalue weighted by Crippen LogP contribution is 2.33. The Balaban J connectivity index is 2.27. The van der Waals surface area contributed by atoms with Crippen LogP contribution in [0.2, 0.25) is 0 Å². The van der Waals surface area contributed by atoms with Gasteiger partial charge in [-0.05, 0) is 19.0 Å². The third kappa shape index (κ3) is 4.11. The van der Waals surface area contributed by atoms with Crippen LogP contribution in [0.3, 0.4) is 0 Å². The lowest BCUT2D eigenvalue weighted by atomic mass is 9.95. The number of pyridine rings is 1. The summed E-state index contributed by atoms with van der Waals surface area (Å²) in [5.74, 6) is -1.04. The predicted molar refractivity (Wildman–Crippen MR) is 79.2 cm³/mol. The van der Waals surface area contributed by atoms with Crippen LogP contribution >= 0.6 is 0 Å². The Morgan fingerprint density at radius 1 is 1.48 bits per heavy atom. The van der Waals surface area contributed by atoms with Crippen molar-refractivity contribution in [2.75, 3.05) is 37.4 Å². The number of piperidine rings is 1. The van der Waals surface area contributed by atoms with Gasteiger partial charge in [-0.15, -0.1) is 0 Å². The zero-order valence-electron chi connectivity index (χ0n) is 12.8. The SMILES string of the molecule is CN(C)c1ncc(C(F)(F)F)cc1NC(=O)C1CNCCC1O. The minimum Gasteiger partial charge on any atom is -0.392 e. The quantitative estimate of drug-likeness (QED) is 0.772. The normalized spacial score (nSPS) is 21.8. The molecule has 0 saturated carbocycles. The van der Waals surface area contributed by atoms with Crippen molar-refractivity contribution in [1.29, 1.82) is 0 Å². The maximum atomic E-state index is 12.8. The van der Waals surface area contributed by atoms with Gasteiger partial charge in [0.15, 0.2) is 5.82 Å². The topological polar surface area (TPSA) is 77.5 Å². The van der Waals surface area contributed by atoms with Crippen LogP contribution < -0.4 is 15.5 Å². The summed E-state index contributed by atoms with van der Waals surface area (Å²) in [5.41, 5.74) is -0.978. The van der Waals surface area contributed by atoms with Gasteiger partial charge in [-0.25, -0.2) is 4.98 Å². The van der Waals surface area contributed by atoms with Crippen LogP contribution in [-0.2, 0) is 11.0 Å². The van der Waals surface area contributed by atoms with Crippen molar-refractivity contribution < 1.29 is 23.1 Å². The van der Waals surface area contributed by atoms with Crippen LogP contribution in [0.4, 0.5) is 24.7 Å². The fourth-order valence-electron chi connectivity index (χ4n) is 2.40. The molecule has 6 nitrogen and oxygen atoms in total. The molecule has 3 N–H and O–H groups in total. The summed E-state index contributed by atoms with van der Waals surface area (Å²) in [7, 11) is 3.23. The number of aliphatic hydroxyl groups excluding tert-OH is 1. The number of nitrogens with zero attached hydrogens (tertiary/aromatic N) is 2. The summed E-state index contributed by atoms with van der Waals surface area (Å²) in [6, 6.07) is 0.850. The number of hydrogen-bond acceptors (Lipinski definition) is 5. The lowest BCUT2D eigenvalue weighted by Crippen LogP contribution is -2.46. The number of alkyl halides is 3. The molecule has 1 aliphatic rings. The van der Waals surface area contributed by atoms with E-state index in [2.05, 4.69) is 15.6 Å². The summed E-state index contributed by atoms with van der Waals surface area (Å²) < 4.78 is 38.5. The van der Waals surface area contributed by atoms with Gasteiger partial charge in [0, 0.05) is 26.8 Å². The van der Waals surface area contributed by atoms with E-state index < -0.39 is 29.7 Å². The van der Waals surface area contributed by atoms with Crippen LogP contribution in [0.1, 0.15) is 12.0 Å². The van der Waals surface area contributed by atoms with Crippen molar-refractivity contribution in [3.8, 4) is 0 Å². The summed E-state index contributed by atoms with van der Waals surface area (Å²) >= 11 is 0. The summed E-state index contributed by atoms with van der Waals surface area (Å²) in [5, 5.41) is 15.3. The number of rotatable bonds is 3. The minimum absolute atomic E-state index is 0.0346. The molecule has 9 heteroatoms. The molecule has 1 aromatic heterocycles. The van der Waals surface area contributed by atoms with Crippen LogP contribution in [0.15, 0.2) is 12.3 Å². The highest BCUT2D eigenvalue weighted by atomic mass is 19.4. The Bertz CT molecular complexity index is 578. The van der Waals surface area contributed by atoms with Gasteiger partial charge in [-0.2, -0.15) is 13.2 Å². The second-order valence-corrected chi connectivity index (χ2v) is 5.64. The molecule has 1 aliphatic heterocycles. The maximum absolute atomic E-state index is 12.8. The molecule has 0 spiro atoms. The van der Waals surface area contributed by atoms with Gasteiger partial charge in [0.2, 0.25) is 5.91 Å². The molecule has 1 fully saturated rings. The van der Waals surface area contributed by atoms with E-state index in [1.807, 2.05) is 0 Å². The molecule has 0 radical (unpaired) electrons. The molecule has 0 aromatic carbocycles. The third-order valence-corrected chi connectivity index (χ3v) is 3.66. The Morgan fingerprint density at radius 3 is 2.74 bits per heavy atom. The van der Waals surface area contributed by atoms with Crippen LogP contribution in [0, 0.1) is 5.92 Å². The van der Waals surface area contributed by atoms with Gasteiger partial charge >= 0.3 is 6.18 Å². The van der Waals surface area contributed by atoms with E-state index in [-0.39, 0.29) is 18.1 Å². The number of hydrogen-bond donors (Lipinski definition) is 3. The first-order valence-electron chi connectivity index (χ1n) is 7.14. The number of aromatic nitrogens is 1. The second-order valence-electron chi connectivity index (χ2n) is 5.64. The maximum Gasteiger partial charge on any atom is 0.417 e. The van der Waals surface area contributed by atoms with Crippen molar-refractivity contribution in [2.45, 2.75) is 18.7 Å². The number of anilines is 2. The van der Waals surface area contributed by atoms with E-state index in [9.17, 15) is 23.1 Å². The fraction of sp³-hybridized carbons (Fsp3) is 0.571. The van der Waals surface area contributed by atoms with Crippen LogP contribution in [-0.4, -0.2) is 49.3 Å². The summed E-state index contributed by atoms with van der Waals surface area (Å²) in [6.07, 6.45) is -4.23. The van der Waals surface area contributed by atoms with Gasteiger partial charge in [0.25, 0.3) is 0 Å². The number of nitrogens with one attached hydrogen (secondary N) is 2. The molecule has 1 saturated heterocycles.